The fraction of sp³-hybridized carbons (Fsp3) is 0.238. The lowest BCUT2D eigenvalue weighted by Gasteiger charge is -2.14. The van der Waals surface area contributed by atoms with Crippen LogP contribution < -0.4 is 19.9 Å². The number of aliphatic carboxylic acids is 1. The Balaban J connectivity index is 2.32. The minimum Gasteiger partial charge on any atom is -0.543 e. The Morgan fingerprint density at radius 2 is 1.70 bits per heavy atom. The maximum absolute atomic E-state index is 12.4. The lowest BCUT2D eigenvalue weighted by atomic mass is 10.1. The Kier molecular flexibility index (Phi) is 7.00. The summed E-state index contributed by atoms with van der Waals surface area (Å²) in [7, 11) is 0. The highest BCUT2D eigenvalue weighted by Crippen LogP contribution is 2.29. The van der Waals surface area contributed by atoms with Crippen LogP contribution in [0.2, 0.25) is 0 Å². The van der Waals surface area contributed by atoms with Crippen LogP contribution in [-0.2, 0) is 4.79 Å². The number of ether oxygens (including phenoxy) is 2. The molecular formula is C21H22NO5-. The maximum atomic E-state index is 12.4. The number of carbonyl (C=O) groups is 2. The van der Waals surface area contributed by atoms with Crippen molar-refractivity contribution in [2.75, 3.05) is 13.2 Å². The van der Waals surface area contributed by atoms with Crippen molar-refractivity contribution >= 4 is 18.0 Å². The van der Waals surface area contributed by atoms with Crippen LogP contribution >= 0.6 is 0 Å². The molecule has 6 heteroatoms. The number of hydrogen-bond acceptors (Lipinski definition) is 5. The molecule has 0 aliphatic rings. The zero-order chi connectivity index (χ0) is 19.8. The van der Waals surface area contributed by atoms with E-state index in [1.807, 2.05) is 13.8 Å². The van der Waals surface area contributed by atoms with E-state index in [-0.39, 0.29) is 5.70 Å². The second-order valence-electron chi connectivity index (χ2n) is 5.69. The van der Waals surface area contributed by atoms with Crippen LogP contribution in [0.5, 0.6) is 11.5 Å². The Bertz CT molecular complexity index is 857. The molecule has 6 nitrogen and oxygen atoms in total. The first-order valence-electron chi connectivity index (χ1n) is 8.65. The summed E-state index contributed by atoms with van der Waals surface area (Å²) in [6.45, 7) is 6.39. The van der Waals surface area contributed by atoms with Crippen molar-refractivity contribution in [2.45, 2.75) is 20.8 Å². The summed E-state index contributed by atoms with van der Waals surface area (Å²) >= 11 is 0. The van der Waals surface area contributed by atoms with Gasteiger partial charge in [0.2, 0.25) is 0 Å². The van der Waals surface area contributed by atoms with Gasteiger partial charge in [-0.05, 0) is 56.2 Å². The number of aryl methyl sites for hydroxylation is 1. The van der Waals surface area contributed by atoms with Gasteiger partial charge in [0.1, 0.15) is 0 Å². The van der Waals surface area contributed by atoms with E-state index in [0.717, 1.165) is 5.56 Å². The SMILES string of the molecule is CCOc1ccc(/C=C(\NC(=O)c2ccccc2C)C(=O)[O-])cc1OCC. The predicted molar refractivity (Wildman–Crippen MR) is 100 cm³/mol. The molecule has 1 N–H and O–H groups in total. The smallest absolute Gasteiger partial charge is 0.255 e. The minimum absolute atomic E-state index is 0.338. The Hall–Kier alpha value is -3.28. The molecule has 0 atom stereocenters. The quantitative estimate of drug-likeness (QED) is 0.723. The first-order chi connectivity index (χ1) is 13.0. The van der Waals surface area contributed by atoms with Crippen molar-refractivity contribution in [2.24, 2.45) is 0 Å². The van der Waals surface area contributed by atoms with Crippen LogP contribution in [0.3, 0.4) is 0 Å². The molecule has 0 heterocycles. The van der Waals surface area contributed by atoms with Gasteiger partial charge in [-0.15, -0.1) is 0 Å². The van der Waals surface area contributed by atoms with E-state index in [4.69, 9.17) is 9.47 Å². The highest BCUT2D eigenvalue weighted by Gasteiger charge is 2.12. The molecule has 0 spiro atoms. The molecule has 0 fully saturated rings. The summed E-state index contributed by atoms with van der Waals surface area (Å²) in [6, 6.07) is 11.9. The number of carbonyl (C=O) groups excluding carboxylic acids is 2. The zero-order valence-corrected chi connectivity index (χ0v) is 15.6. The number of carboxylic acid groups (broad SMARTS) is 1. The summed E-state index contributed by atoms with van der Waals surface area (Å²) in [5.41, 5.74) is 1.33. The molecular weight excluding hydrogens is 346 g/mol. The van der Waals surface area contributed by atoms with Gasteiger partial charge in [-0.2, -0.15) is 0 Å². The van der Waals surface area contributed by atoms with Crippen LogP contribution in [0.15, 0.2) is 48.2 Å². The molecule has 0 aliphatic carbocycles. The molecule has 142 valence electrons. The van der Waals surface area contributed by atoms with Gasteiger partial charge in [-0.25, -0.2) is 0 Å². The molecule has 0 bridgehead atoms. The van der Waals surface area contributed by atoms with Gasteiger partial charge in [0.15, 0.2) is 11.5 Å². The van der Waals surface area contributed by atoms with E-state index < -0.39 is 11.9 Å². The van der Waals surface area contributed by atoms with Crippen molar-refractivity contribution in [3.63, 3.8) is 0 Å². The average molecular weight is 368 g/mol. The number of carboxylic acids is 1. The zero-order valence-electron chi connectivity index (χ0n) is 15.6. The predicted octanol–water partition coefficient (Wildman–Crippen LogP) is 2.31. The van der Waals surface area contributed by atoms with Gasteiger partial charge >= 0.3 is 0 Å². The monoisotopic (exact) mass is 368 g/mol. The highest BCUT2D eigenvalue weighted by atomic mass is 16.5. The minimum atomic E-state index is -1.48. The van der Waals surface area contributed by atoms with E-state index in [1.54, 1.807) is 49.4 Å². The second-order valence-corrected chi connectivity index (χ2v) is 5.69. The molecule has 0 unspecified atom stereocenters. The molecule has 2 aromatic rings. The van der Waals surface area contributed by atoms with Crippen LogP contribution in [0.4, 0.5) is 0 Å². The number of amides is 1. The highest BCUT2D eigenvalue weighted by molar-refractivity contribution is 6.02. The van der Waals surface area contributed by atoms with Gasteiger partial charge in [0.25, 0.3) is 5.91 Å². The summed E-state index contributed by atoms with van der Waals surface area (Å²) in [5, 5.41) is 13.9. The molecule has 1 amide bonds. The fourth-order valence-corrected chi connectivity index (χ4v) is 2.49. The lowest BCUT2D eigenvalue weighted by molar-refractivity contribution is -0.299. The number of nitrogens with one attached hydrogen (secondary N) is 1. The Morgan fingerprint density at radius 3 is 2.33 bits per heavy atom. The molecule has 2 rings (SSSR count). The van der Waals surface area contributed by atoms with Crippen molar-refractivity contribution in [1.29, 1.82) is 0 Å². The standard InChI is InChI=1S/C21H23NO5/c1-4-26-18-11-10-15(13-19(18)27-5-2)12-17(21(24)25)22-20(23)16-9-7-6-8-14(16)3/h6-13H,4-5H2,1-3H3,(H,22,23)(H,24,25)/p-1/b17-12-. The van der Waals surface area contributed by atoms with Gasteiger partial charge in [0.05, 0.1) is 24.9 Å². The maximum Gasteiger partial charge on any atom is 0.255 e. The summed E-state index contributed by atoms with van der Waals surface area (Å²) in [5.74, 6) is -0.935. The molecule has 0 aromatic heterocycles. The third-order valence-corrected chi connectivity index (χ3v) is 3.74. The molecule has 27 heavy (non-hydrogen) atoms. The van der Waals surface area contributed by atoms with E-state index in [9.17, 15) is 14.7 Å². The van der Waals surface area contributed by atoms with Gasteiger partial charge in [0, 0.05) is 5.56 Å². The molecule has 0 saturated carbocycles. The summed E-state index contributed by atoms with van der Waals surface area (Å²) in [6.07, 6.45) is 1.32. The van der Waals surface area contributed by atoms with Crippen LogP contribution in [-0.4, -0.2) is 25.1 Å². The van der Waals surface area contributed by atoms with E-state index in [2.05, 4.69) is 5.32 Å². The number of hydrogen-bond donors (Lipinski definition) is 1. The second kappa shape index (κ2) is 9.43. The lowest BCUT2D eigenvalue weighted by Crippen LogP contribution is -2.35. The molecule has 0 radical (unpaired) electrons. The van der Waals surface area contributed by atoms with Gasteiger partial charge in [-0.3, -0.25) is 4.79 Å². The van der Waals surface area contributed by atoms with Gasteiger partial charge in [-0.1, -0.05) is 24.3 Å². The fourth-order valence-electron chi connectivity index (χ4n) is 2.49. The topological polar surface area (TPSA) is 87.7 Å². The number of benzene rings is 2. The van der Waals surface area contributed by atoms with Gasteiger partial charge < -0.3 is 24.7 Å². The average Bonchev–Trinajstić information content (AvgIpc) is 2.63. The summed E-state index contributed by atoms with van der Waals surface area (Å²) in [4.78, 5) is 23.9. The molecule has 0 aliphatic heterocycles. The normalized spacial score (nSPS) is 11.0. The van der Waals surface area contributed by atoms with Crippen molar-refractivity contribution in [3.8, 4) is 11.5 Å². The van der Waals surface area contributed by atoms with Crippen molar-refractivity contribution in [3.05, 3.63) is 64.9 Å². The Morgan fingerprint density at radius 1 is 1.04 bits per heavy atom. The molecule has 0 saturated heterocycles. The number of rotatable bonds is 8. The third kappa shape index (κ3) is 5.34. The third-order valence-electron chi connectivity index (χ3n) is 3.74. The first kappa shape index (κ1) is 20.0. The van der Waals surface area contributed by atoms with E-state index in [0.29, 0.717) is 35.8 Å². The van der Waals surface area contributed by atoms with E-state index in [1.165, 1.54) is 6.08 Å². The van der Waals surface area contributed by atoms with Crippen molar-refractivity contribution < 1.29 is 24.2 Å². The first-order valence-corrected chi connectivity index (χ1v) is 8.65. The van der Waals surface area contributed by atoms with E-state index >= 15 is 0 Å². The largest absolute Gasteiger partial charge is 0.543 e. The summed E-state index contributed by atoms with van der Waals surface area (Å²) < 4.78 is 11.0. The van der Waals surface area contributed by atoms with Crippen LogP contribution in [0.1, 0.15) is 35.3 Å². The molecule has 2 aromatic carbocycles. The van der Waals surface area contributed by atoms with Crippen LogP contribution in [0, 0.1) is 6.92 Å². The van der Waals surface area contributed by atoms with Crippen molar-refractivity contribution in [1.82, 2.24) is 5.32 Å². The Labute approximate surface area is 158 Å². The van der Waals surface area contributed by atoms with Crippen LogP contribution in [0.25, 0.3) is 6.08 Å².